The first-order valence-corrected chi connectivity index (χ1v) is 10.7. The molecule has 0 unspecified atom stereocenters. The minimum Gasteiger partial charge on any atom is -0.495 e. The van der Waals surface area contributed by atoms with Gasteiger partial charge in [-0.05, 0) is 50.2 Å². The van der Waals surface area contributed by atoms with Crippen LogP contribution >= 0.6 is 11.3 Å². The molecule has 1 heterocycles. The molecule has 0 saturated carbocycles. The van der Waals surface area contributed by atoms with Crippen LogP contribution in [0.3, 0.4) is 0 Å². The van der Waals surface area contributed by atoms with Crippen LogP contribution in [0, 0.1) is 6.92 Å². The van der Waals surface area contributed by atoms with Gasteiger partial charge in [-0.15, -0.1) is 11.3 Å². The second-order valence-electron chi connectivity index (χ2n) is 6.74. The molecular weight excluding hydrogens is 414 g/mol. The summed E-state index contributed by atoms with van der Waals surface area (Å²) in [5.41, 5.74) is 7.44. The zero-order chi connectivity index (χ0) is 22.4. The van der Waals surface area contributed by atoms with Crippen molar-refractivity contribution in [2.45, 2.75) is 20.3 Å². The lowest BCUT2D eigenvalue weighted by Gasteiger charge is -2.23. The summed E-state index contributed by atoms with van der Waals surface area (Å²) >= 11 is 1.31. The largest absolute Gasteiger partial charge is 0.495 e. The maximum absolute atomic E-state index is 13.5. The molecule has 8 heteroatoms. The monoisotopic (exact) mass is 439 g/mol. The van der Waals surface area contributed by atoms with E-state index >= 15 is 0 Å². The number of aryl methyl sites for hydroxylation is 1. The van der Waals surface area contributed by atoms with Crippen LogP contribution in [-0.4, -0.2) is 37.1 Å². The van der Waals surface area contributed by atoms with E-state index in [1.807, 2.05) is 43.3 Å². The van der Waals surface area contributed by atoms with Gasteiger partial charge in [-0.2, -0.15) is 0 Å². The Morgan fingerprint density at radius 2 is 1.84 bits per heavy atom. The van der Waals surface area contributed by atoms with Crippen LogP contribution in [0.15, 0.2) is 48.5 Å². The van der Waals surface area contributed by atoms with E-state index < -0.39 is 5.91 Å². The number of rotatable bonds is 9. The van der Waals surface area contributed by atoms with Crippen LogP contribution in [0.5, 0.6) is 11.5 Å². The standard InChI is InChI=1S/C23H25N3O4S/c1-4-30-17-11-9-16(10-12-17)22-25-15(2)21(31-22)23(28)26(14-13-20(24)27)18-7-5-6-8-19(18)29-3/h5-12H,4,13-14H2,1-3H3,(H2,24,27). The number of anilines is 1. The topological polar surface area (TPSA) is 94.8 Å². The van der Waals surface area contributed by atoms with Crippen molar-refractivity contribution in [1.29, 1.82) is 0 Å². The molecular formula is C23H25N3O4S. The predicted molar refractivity (Wildman–Crippen MR) is 122 cm³/mol. The summed E-state index contributed by atoms with van der Waals surface area (Å²) in [5, 5.41) is 0.735. The minimum absolute atomic E-state index is 0.0351. The Bertz CT molecular complexity index is 1060. The van der Waals surface area contributed by atoms with Gasteiger partial charge in [0.25, 0.3) is 5.91 Å². The first-order valence-electron chi connectivity index (χ1n) is 9.88. The van der Waals surface area contributed by atoms with E-state index in [1.165, 1.54) is 23.3 Å². The number of hydrogen-bond acceptors (Lipinski definition) is 6. The summed E-state index contributed by atoms with van der Waals surface area (Å²) in [5.74, 6) is 0.584. The normalized spacial score (nSPS) is 10.5. The summed E-state index contributed by atoms with van der Waals surface area (Å²) < 4.78 is 10.9. The molecule has 0 bridgehead atoms. The van der Waals surface area contributed by atoms with Crippen LogP contribution < -0.4 is 20.1 Å². The number of para-hydroxylation sites is 2. The number of primary amides is 1. The lowest BCUT2D eigenvalue weighted by molar-refractivity contribution is -0.117. The minimum atomic E-state index is -0.483. The zero-order valence-corrected chi connectivity index (χ0v) is 18.6. The van der Waals surface area contributed by atoms with Crippen molar-refractivity contribution >= 4 is 28.8 Å². The van der Waals surface area contributed by atoms with Gasteiger partial charge in [0, 0.05) is 18.5 Å². The number of hydrogen-bond donors (Lipinski definition) is 1. The maximum atomic E-state index is 13.5. The van der Waals surface area contributed by atoms with Crippen molar-refractivity contribution in [3.63, 3.8) is 0 Å². The summed E-state index contributed by atoms with van der Waals surface area (Å²) in [6, 6.07) is 14.8. The van der Waals surface area contributed by atoms with E-state index in [4.69, 9.17) is 15.2 Å². The summed E-state index contributed by atoms with van der Waals surface area (Å²) in [6.45, 7) is 4.47. The van der Waals surface area contributed by atoms with Gasteiger partial charge < -0.3 is 20.1 Å². The predicted octanol–water partition coefficient (Wildman–Crippen LogP) is 4.05. The average Bonchev–Trinajstić information content (AvgIpc) is 3.16. The fourth-order valence-electron chi connectivity index (χ4n) is 3.11. The molecule has 3 rings (SSSR count). The zero-order valence-electron chi connectivity index (χ0n) is 17.8. The fourth-order valence-corrected chi connectivity index (χ4v) is 4.13. The van der Waals surface area contributed by atoms with Crippen LogP contribution in [-0.2, 0) is 4.79 Å². The number of benzene rings is 2. The van der Waals surface area contributed by atoms with Crippen molar-refractivity contribution in [3.05, 3.63) is 59.1 Å². The molecule has 0 atom stereocenters. The third-order valence-corrected chi connectivity index (χ3v) is 5.80. The second kappa shape index (κ2) is 10.1. The molecule has 2 amide bonds. The Morgan fingerprint density at radius 1 is 1.13 bits per heavy atom. The maximum Gasteiger partial charge on any atom is 0.270 e. The highest BCUT2D eigenvalue weighted by molar-refractivity contribution is 7.17. The Kier molecular flexibility index (Phi) is 7.25. The highest BCUT2D eigenvalue weighted by Gasteiger charge is 2.25. The molecule has 0 aliphatic heterocycles. The van der Waals surface area contributed by atoms with Gasteiger partial charge in [-0.25, -0.2) is 4.98 Å². The van der Waals surface area contributed by atoms with Crippen LogP contribution in [0.1, 0.15) is 28.7 Å². The van der Waals surface area contributed by atoms with Gasteiger partial charge in [0.15, 0.2) is 0 Å². The molecule has 3 aromatic rings. The molecule has 1 aromatic heterocycles. The third-order valence-electron chi connectivity index (χ3n) is 4.61. The van der Waals surface area contributed by atoms with Crippen molar-refractivity contribution in [2.24, 2.45) is 5.73 Å². The molecule has 0 aliphatic rings. The molecule has 0 aliphatic carbocycles. The van der Waals surface area contributed by atoms with E-state index in [2.05, 4.69) is 4.98 Å². The summed E-state index contributed by atoms with van der Waals surface area (Å²) in [7, 11) is 1.54. The molecule has 0 saturated heterocycles. The molecule has 31 heavy (non-hydrogen) atoms. The van der Waals surface area contributed by atoms with E-state index in [0.29, 0.717) is 28.6 Å². The Balaban J connectivity index is 1.95. The number of carbonyl (C=O) groups excluding carboxylic acids is 2. The molecule has 2 N–H and O–H groups in total. The fraction of sp³-hybridized carbons (Fsp3) is 0.261. The molecule has 2 aromatic carbocycles. The Hall–Kier alpha value is -3.39. The highest BCUT2D eigenvalue weighted by atomic mass is 32.1. The summed E-state index contributed by atoms with van der Waals surface area (Å²) in [6.07, 6.45) is 0.0351. The number of ether oxygens (including phenoxy) is 2. The van der Waals surface area contributed by atoms with Crippen molar-refractivity contribution in [3.8, 4) is 22.1 Å². The quantitative estimate of drug-likeness (QED) is 0.543. The third kappa shape index (κ3) is 5.21. The SMILES string of the molecule is CCOc1ccc(-c2nc(C)c(C(=O)N(CCC(N)=O)c3ccccc3OC)s2)cc1. The lowest BCUT2D eigenvalue weighted by atomic mass is 10.2. The smallest absolute Gasteiger partial charge is 0.270 e. The Morgan fingerprint density at radius 3 is 2.48 bits per heavy atom. The average molecular weight is 440 g/mol. The van der Waals surface area contributed by atoms with Crippen LogP contribution in [0.25, 0.3) is 10.6 Å². The number of nitrogens with two attached hydrogens (primary N) is 1. The van der Waals surface area contributed by atoms with Crippen molar-refractivity contribution in [1.82, 2.24) is 4.98 Å². The number of nitrogens with zero attached hydrogens (tertiary/aromatic N) is 2. The first kappa shape index (κ1) is 22.3. The van der Waals surface area contributed by atoms with Gasteiger partial charge in [0.05, 0.1) is 25.1 Å². The molecule has 162 valence electrons. The number of carbonyl (C=O) groups is 2. The van der Waals surface area contributed by atoms with E-state index in [9.17, 15) is 9.59 Å². The lowest BCUT2D eigenvalue weighted by Crippen LogP contribution is -2.34. The molecule has 0 fully saturated rings. The summed E-state index contributed by atoms with van der Waals surface area (Å²) in [4.78, 5) is 31.5. The molecule has 0 spiro atoms. The molecule has 7 nitrogen and oxygen atoms in total. The van der Waals surface area contributed by atoms with Gasteiger partial charge in [0.1, 0.15) is 21.4 Å². The van der Waals surface area contributed by atoms with Crippen molar-refractivity contribution in [2.75, 3.05) is 25.2 Å². The van der Waals surface area contributed by atoms with Gasteiger partial charge >= 0.3 is 0 Å². The number of methoxy groups -OCH3 is 1. The second-order valence-corrected chi connectivity index (χ2v) is 7.73. The van der Waals surface area contributed by atoms with E-state index in [1.54, 1.807) is 19.1 Å². The number of amides is 2. The molecule has 0 radical (unpaired) electrons. The van der Waals surface area contributed by atoms with E-state index in [-0.39, 0.29) is 18.9 Å². The van der Waals surface area contributed by atoms with Gasteiger partial charge in [-0.1, -0.05) is 12.1 Å². The first-order chi connectivity index (χ1) is 14.9. The van der Waals surface area contributed by atoms with E-state index in [0.717, 1.165) is 16.3 Å². The highest BCUT2D eigenvalue weighted by Crippen LogP contribution is 2.33. The van der Waals surface area contributed by atoms with Crippen LogP contribution in [0.4, 0.5) is 5.69 Å². The Labute approximate surface area is 185 Å². The van der Waals surface area contributed by atoms with Gasteiger partial charge in [0.2, 0.25) is 5.91 Å². The number of aromatic nitrogens is 1. The number of thiazole rings is 1. The van der Waals surface area contributed by atoms with Gasteiger partial charge in [-0.3, -0.25) is 9.59 Å². The van der Waals surface area contributed by atoms with Crippen molar-refractivity contribution < 1.29 is 19.1 Å². The van der Waals surface area contributed by atoms with Crippen LogP contribution in [0.2, 0.25) is 0 Å².